The molecule has 3 aromatic carbocycles. The maximum atomic E-state index is 12.8. The van der Waals surface area contributed by atoms with Crippen LogP contribution in [-0.2, 0) is 10.0 Å². The van der Waals surface area contributed by atoms with Gasteiger partial charge in [0.25, 0.3) is 10.0 Å². The molecule has 0 amide bonds. The smallest absolute Gasteiger partial charge is 0.311 e. The minimum Gasteiger partial charge on any atom is -0.497 e. The summed E-state index contributed by atoms with van der Waals surface area (Å²) in [5.41, 5.74) is 0.256. The lowest BCUT2D eigenvalue weighted by Gasteiger charge is -2.20. The summed E-state index contributed by atoms with van der Waals surface area (Å²) >= 11 is 0. The fraction of sp³-hybridized carbons (Fsp3) is 0.100. The number of nitrogens with zero attached hydrogens (tertiary/aromatic N) is 2. The first-order valence-corrected chi connectivity index (χ1v) is 9.91. The summed E-state index contributed by atoms with van der Waals surface area (Å²) in [6, 6.07) is 18.3. The molecule has 0 aliphatic rings. The first kappa shape index (κ1) is 20.2. The van der Waals surface area contributed by atoms with E-state index in [1.54, 1.807) is 48.5 Å². The SMILES string of the molecule is COc1ccc(S(=O)(=O)N(C)c2ccc(Oc3ccccc3[N+](=O)[O-])cc2)cc1. The van der Waals surface area contributed by atoms with Crippen LogP contribution in [0.3, 0.4) is 0 Å². The monoisotopic (exact) mass is 414 g/mol. The number of methoxy groups -OCH3 is 1. The van der Waals surface area contributed by atoms with E-state index in [1.807, 2.05) is 0 Å². The molecule has 0 aromatic heterocycles. The van der Waals surface area contributed by atoms with E-state index >= 15 is 0 Å². The van der Waals surface area contributed by atoms with Crippen LogP contribution in [0.5, 0.6) is 17.2 Å². The molecular weight excluding hydrogens is 396 g/mol. The third-order valence-corrected chi connectivity index (χ3v) is 6.01. The van der Waals surface area contributed by atoms with Gasteiger partial charge in [0.15, 0.2) is 0 Å². The molecule has 0 saturated heterocycles. The second-order valence-electron chi connectivity index (χ2n) is 5.97. The summed E-state index contributed by atoms with van der Waals surface area (Å²) in [5, 5.41) is 11.1. The molecule has 0 saturated carbocycles. The maximum absolute atomic E-state index is 12.8. The van der Waals surface area contributed by atoms with Crippen molar-refractivity contribution >= 4 is 21.4 Å². The highest BCUT2D eigenvalue weighted by Crippen LogP contribution is 2.32. The van der Waals surface area contributed by atoms with E-state index in [2.05, 4.69) is 0 Å². The van der Waals surface area contributed by atoms with E-state index in [0.29, 0.717) is 17.2 Å². The van der Waals surface area contributed by atoms with Crippen LogP contribution in [-0.4, -0.2) is 27.5 Å². The van der Waals surface area contributed by atoms with Gasteiger partial charge < -0.3 is 9.47 Å². The Kier molecular flexibility index (Phi) is 5.69. The quantitative estimate of drug-likeness (QED) is 0.424. The highest BCUT2D eigenvalue weighted by molar-refractivity contribution is 7.92. The third kappa shape index (κ3) is 4.30. The number of hydrogen-bond donors (Lipinski definition) is 0. The van der Waals surface area contributed by atoms with E-state index in [-0.39, 0.29) is 16.3 Å². The van der Waals surface area contributed by atoms with Gasteiger partial charge in [-0.25, -0.2) is 8.42 Å². The Bertz CT molecular complexity index is 1110. The molecule has 0 bridgehead atoms. The van der Waals surface area contributed by atoms with Crippen LogP contribution in [0.25, 0.3) is 0 Å². The first-order valence-electron chi connectivity index (χ1n) is 8.47. The van der Waals surface area contributed by atoms with Crippen molar-refractivity contribution in [1.29, 1.82) is 0 Å². The zero-order chi connectivity index (χ0) is 21.0. The number of hydrogen-bond acceptors (Lipinski definition) is 6. The van der Waals surface area contributed by atoms with Crippen LogP contribution >= 0.6 is 0 Å². The Labute approximate surface area is 168 Å². The number of sulfonamides is 1. The molecule has 0 radical (unpaired) electrons. The molecule has 0 aliphatic carbocycles. The molecule has 8 nitrogen and oxygen atoms in total. The average Bonchev–Trinajstić information content (AvgIpc) is 2.74. The van der Waals surface area contributed by atoms with Crippen LogP contribution in [0.1, 0.15) is 0 Å². The molecule has 29 heavy (non-hydrogen) atoms. The zero-order valence-electron chi connectivity index (χ0n) is 15.7. The van der Waals surface area contributed by atoms with Crippen molar-refractivity contribution < 1.29 is 22.8 Å². The predicted octanol–water partition coefficient (Wildman–Crippen LogP) is 4.22. The number of ether oxygens (including phenoxy) is 2. The van der Waals surface area contributed by atoms with Crippen molar-refractivity contribution in [3.05, 3.63) is 82.9 Å². The summed E-state index contributed by atoms with van der Waals surface area (Å²) in [7, 11) is -0.814. The van der Waals surface area contributed by atoms with Gasteiger partial charge >= 0.3 is 5.69 Å². The Morgan fingerprint density at radius 2 is 1.48 bits per heavy atom. The van der Waals surface area contributed by atoms with Gasteiger partial charge in [-0.15, -0.1) is 0 Å². The maximum Gasteiger partial charge on any atom is 0.311 e. The fourth-order valence-corrected chi connectivity index (χ4v) is 3.79. The lowest BCUT2D eigenvalue weighted by molar-refractivity contribution is -0.385. The van der Waals surface area contributed by atoms with E-state index < -0.39 is 14.9 Å². The first-order chi connectivity index (χ1) is 13.8. The Balaban J connectivity index is 1.81. The molecule has 0 unspecified atom stereocenters. The molecular formula is C20H18N2O6S. The van der Waals surface area contributed by atoms with Gasteiger partial charge in [0, 0.05) is 13.1 Å². The lowest BCUT2D eigenvalue weighted by Crippen LogP contribution is -2.26. The average molecular weight is 414 g/mol. The number of para-hydroxylation sites is 2. The molecule has 0 N–H and O–H groups in total. The topological polar surface area (TPSA) is 99.0 Å². The summed E-state index contributed by atoms with van der Waals surface area (Å²) in [5.74, 6) is 1.01. The van der Waals surface area contributed by atoms with Crippen molar-refractivity contribution in [2.75, 3.05) is 18.5 Å². The van der Waals surface area contributed by atoms with Crippen molar-refractivity contribution in [3.63, 3.8) is 0 Å². The zero-order valence-corrected chi connectivity index (χ0v) is 16.5. The molecule has 0 atom stereocenters. The van der Waals surface area contributed by atoms with E-state index in [1.165, 1.54) is 38.4 Å². The number of rotatable bonds is 7. The molecule has 0 heterocycles. The number of benzene rings is 3. The summed E-state index contributed by atoms with van der Waals surface area (Å²) in [6.45, 7) is 0. The molecule has 3 rings (SSSR count). The van der Waals surface area contributed by atoms with Gasteiger partial charge in [-0.05, 0) is 54.6 Å². The van der Waals surface area contributed by atoms with Crippen LogP contribution in [0.2, 0.25) is 0 Å². The molecule has 150 valence electrons. The molecule has 9 heteroatoms. The molecule has 3 aromatic rings. The van der Waals surface area contributed by atoms with Crippen LogP contribution < -0.4 is 13.8 Å². The molecule has 0 aliphatic heterocycles. The Morgan fingerprint density at radius 3 is 2.07 bits per heavy atom. The van der Waals surface area contributed by atoms with Gasteiger partial charge in [-0.1, -0.05) is 12.1 Å². The fourth-order valence-electron chi connectivity index (χ4n) is 2.59. The lowest BCUT2D eigenvalue weighted by atomic mass is 10.3. The normalized spacial score (nSPS) is 11.0. The Hall–Kier alpha value is -3.59. The largest absolute Gasteiger partial charge is 0.497 e. The van der Waals surface area contributed by atoms with E-state index in [4.69, 9.17) is 9.47 Å². The van der Waals surface area contributed by atoms with Gasteiger partial charge in [0.2, 0.25) is 5.75 Å². The van der Waals surface area contributed by atoms with Gasteiger partial charge in [0.05, 0.1) is 22.6 Å². The van der Waals surface area contributed by atoms with Crippen molar-refractivity contribution in [1.82, 2.24) is 0 Å². The second-order valence-corrected chi connectivity index (χ2v) is 7.94. The minimum atomic E-state index is -3.76. The van der Waals surface area contributed by atoms with Crippen LogP contribution in [0.15, 0.2) is 77.7 Å². The molecule has 0 spiro atoms. The molecule has 0 fully saturated rings. The van der Waals surface area contributed by atoms with Crippen LogP contribution in [0, 0.1) is 10.1 Å². The summed E-state index contributed by atoms with van der Waals surface area (Å²) in [4.78, 5) is 10.7. The van der Waals surface area contributed by atoms with Gasteiger partial charge in [-0.3, -0.25) is 14.4 Å². The van der Waals surface area contributed by atoms with Crippen molar-refractivity contribution in [2.24, 2.45) is 0 Å². The van der Waals surface area contributed by atoms with Gasteiger partial charge in [0.1, 0.15) is 11.5 Å². The summed E-state index contributed by atoms with van der Waals surface area (Å²) in [6.07, 6.45) is 0. The highest BCUT2D eigenvalue weighted by atomic mass is 32.2. The summed E-state index contributed by atoms with van der Waals surface area (Å²) < 4.78 is 37.4. The Morgan fingerprint density at radius 1 is 0.897 bits per heavy atom. The van der Waals surface area contributed by atoms with Crippen molar-refractivity contribution in [3.8, 4) is 17.2 Å². The number of nitro benzene ring substituents is 1. The number of anilines is 1. The van der Waals surface area contributed by atoms with E-state index in [9.17, 15) is 18.5 Å². The standard InChI is InChI=1S/C20H18N2O6S/c1-21(29(25,26)18-13-11-16(27-2)12-14-18)15-7-9-17(10-8-15)28-20-6-4-3-5-19(20)22(23)24/h3-14H,1-2H3. The highest BCUT2D eigenvalue weighted by Gasteiger charge is 2.21. The minimum absolute atomic E-state index is 0.101. The van der Waals surface area contributed by atoms with Crippen molar-refractivity contribution in [2.45, 2.75) is 4.90 Å². The van der Waals surface area contributed by atoms with Crippen LogP contribution in [0.4, 0.5) is 11.4 Å². The predicted molar refractivity (Wildman–Crippen MR) is 108 cm³/mol. The third-order valence-electron chi connectivity index (χ3n) is 4.21. The number of nitro groups is 1. The van der Waals surface area contributed by atoms with E-state index in [0.717, 1.165) is 4.31 Å². The van der Waals surface area contributed by atoms with Gasteiger partial charge in [-0.2, -0.15) is 0 Å². The second kappa shape index (κ2) is 8.19.